The van der Waals surface area contributed by atoms with Crippen LogP contribution in [-0.4, -0.2) is 71.1 Å². The van der Waals surface area contributed by atoms with Crippen molar-refractivity contribution in [1.82, 2.24) is 20.9 Å². The molecule has 202 valence electrons. The average Bonchev–Trinajstić information content (AvgIpc) is 3.43. The third-order valence-corrected chi connectivity index (χ3v) is 9.00. The highest BCUT2D eigenvalue weighted by Crippen LogP contribution is 2.31. The highest BCUT2D eigenvalue weighted by atomic mass is 32.2. The highest BCUT2D eigenvalue weighted by Gasteiger charge is 2.48. The molecule has 0 radical (unpaired) electrons. The molecule has 1 aliphatic carbocycles. The van der Waals surface area contributed by atoms with Gasteiger partial charge in [0.25, 0.3) is 11.8 Å². The molecule has 12 heteroatoms. The molecule has 3 heterocycles. The van der Waals surface area contributed by atoms with Crippen LogP contribution >= 0.6 is 23.1 Å². The van der Waals surface area contributed by atoms with Crippen LogP contribution in [0.1, 0.15) is 49.4 Å². The minimum atomic E-state index is -1.14. The van der Waals surface area contributed by atoms with Crippen LogP contribution in [0.3, 0.4) is 0 Å². The smallest absolute Gasteiger partial charge is 0.304 e. The summed E-state index contributed by atoms with van der Waals surface area (Å²) >= 11 is 3.59. The van der Waals surface area contributed by atoms with Gasteiger partial charge in [0.2, 0.25) is 12.1 Å². The van der Waals surface area contributed by atoms with Crippen LogP contribution in [0.2, 0.25) is 0 Å². The number of hydrogen-bond acceptors (Lipinski definition) is 9. The molecule has 2 atom stereocenters. The molecule has 3 amide bonds. The third-order valence-electron chi connectivity index (χ3n) is 7.16. The zero-order chi connectivity index (χ0) is 26.7. The van der Waals surface area contributed by atoms with Crippen molar-refractivity contribution < 1.29 is 23.9 Å². The van der Waals surface area contributed by atoms with Gasteiger partial charge in [0, 0.05) is 48.0 Å². The number of benzene rings is 1. The standard InChI is InChI=1S/C26H31N5O5S2/c1-16(32)36-23-20(22(34)29-23)28-24(35)26(9-3-2-4-10-26)30-21(33)18-7-5-17(6-8-18)19-15-38-25(27-19)31-11-13-37-14-12-31/h5-8,15,20,23H,2-4,9-14H2,1H3,(H,28,35)(H,29,34)(H,30,33). The Hall–Kier alpha value is -3.12. The van der Waals surface area contributed by atoms with Gasteiger partial charge in [-0.05, 0) is 25.0 Å². The molecule has 2 aliphatic heterocycles. The van der Waals surface area contributed by atoms with E-state index >= 15 is 0 Å². The van der Waals surface area contributed by atoms with Gasteiger partial charge in [-0.2, -0.15) is 11.8 Å². The van der Waals surface area contributed by atoms with E-state index in [1.165, 1.54) is 6.92 Å². The van der Waals surface area contributed by atoms with Gasteiger partial charge >= 0.3 is 5.97 Å². The maximum Gasteiger partial charge on any atom is 0.304 e. The maximum atomic E-state index is 13.4. The van der Waals surface area contributed by atoms with Crippen molar-refractivity contribution in [3.63, 3.8) is 0 Å². The number of rotatable bonds is 7. The molecule has 1 aromatic heterocycles. The summed E-state index contributed by atoms with van der Waals surface area (Å²) in [5.74, 6) is 0.440. The summed E-state index contributed by atoms with van der Waals surface area (Å²) in [5, 5.41) is 11.2. The Morgan fingerprint density at radius 3 is 2.47 bits per heavy atom. The number of aromatic nitrogens is 1. The molecule has 3 N–H and O–H groups in total. The summed E-state index contributed by atoms with van der Waals surface area (Å²) in [6.45, 7) is 3.24. The molecular weight excluding hydrogens is 526 g/mol. The van der Waals surface area contributed by atoms with Gasteiger partial charge in [-0.3, -0.25) is 19.2 Å². The molecule has 38 heavy (non-hydrogen) atoms. The molecular formula is C26H31N5O5S2. The minimum absolute atomic E-state index is 0.354. The first-order valence-electron chi connectivity index (χ1n) is 12.8. The Bertz CT molecular complexity index is 1200. The normalized spacial score (nSPS) is 22.6. The van der Waals surface area contributed by atoms with Gasteiger partial charge in [-0.15, -0.1) is 11.3 Å². The number of ether oxygens (including phenoxy) is 1. The van der Waals surface area contributed by atoms with Crippen LogP contribution in [0.15, 0.2) is 29.6 Å². The van der Waals surface area contributed by atoms with E-state index in [1.807, 2.05) is 29.3 Å². The fourth-order valence-corrected chi connectivity index (χ4v) is 6.79. The number of hydrogen-bond donors (Lipinski definition) is 3. The number of esters is 1. The average molecular weight is 558 g/mol. The predicted octanol–water partition coefficient (Wildman–Crippen LogP) is 2.30. The van der Waals surface area contributed by atoms with Crippen LogP contribution < -0.4 is 20.9 Å². The molecule has 5 rings (SSSR count). The largest absolute Gasteiger partial charge is 0.439 e. The van der Waals surface area contributed by atoms with E-state index in [2.05, 4.69) is 20.9 Å². The van der Waals surface area contributed by atoms with E-state index in [0.29, 0.717) is 18.4 Å². The third kappa shape index (κ3) is 5.65. The second-order valence-corrected chi connectivity index (χ2v) is 11.8. The van der Waals surface area contributed by atoms with Crippen molar-refractivity contribution >= 4 is 51.9 Å². The summed E-state index contributed by atoms with van der Waals surface area (Å²) in [6.07, 6.45) is 2.54. The van der Waals surface area contributed by atoms with Crippen LogP contribution in [0, 0.1) is 0 Å². The molecule has 0 spiro atoms. The first-order chi connectivity index (χ1) is 18.3. The lowest BCUT2D eigenvalue weighted by Gasteiger charge is -2.41. The molecule has 0 bridgehead atoms. The number of nitrogens with zero attached hydrogens (tertiary/aromatic N) is 2. The van der Waals surface area contributed by atoms with Gasteiger partial charge in [0.15, 0.2) is 11.2 Å². The van der Waals surface area contributed by atoms with Crippen LogP contribution in [0.4, 0.5) is 5.13 Å². The van der Waals surface area contributed by atoms with Gasteiger partial charge in [0.05, 0.1) is 5.69 Å². The van der Waals surface area contributed by atoms with Crippen LogP contribution in [-0.2, 0) is 19.1 Å². The SMILES string of the molecule is CC(=O)OC1NC(=O)C1NC(=O)C1(NC(=O)c2ccc(-c3csc(N4CCSCC4)n3)cc2)CCCCC1. The molecule has 2 saturated heterocycles. The van der Waals surface area contributed by atoms with Crippen molar-refractivity contribution in [3.8, 4) is 11.3 Å². The fourth-order valence-electron chi connectivity index (χ4n) is 4.99. The topological polar surface area (TPSA) is 130 Å². The number of carbonyl (C=O) groups excluding carboxylic acids is 4. The Kier molecular flexibility index (Phi) is 7.89. The van der Waals surface area contributed by atoms with Crippen molar-refractivity contribution in [2.45, 2.75) is 56.8 Å². The summed E-state index contributed by atoms with van der Waals surface area (Å²) in [7, 11) is 0. The van der Waals surface area contributed by atoms with E-state index in [-0.39, 0.29) is 5.91 Å². The fraction of sp³-hybridized carbons (Fsp3) is 0.500. The second-order valence-electron chi connectivity index (χ2n) is 9.78. The van der Waals surface area contributed by atoms with Gasteiger partial charge in [-0.25, -0.2) is 4.98 Å². The van der Waals surface area contributed by atoms with E-state index in [4.69, 9.17) is 9.72 Å². The van der Waals surface area contributed by atoms with Crippen molar-refractivity contribution in [1.29, 1.82) is 0 Å². The second kappa shape index (κ2) is 11.3. The number of carbonyl (C=O) groups is 4. The first kappa shape index (κ1) is 26.5. The molecule has 10 nitrogen and oxygen atoms in total. The summed E-state index contributed by atoms with van der Waals surface area (Å²) in [4.78, 5) is 57.1. The number of nitrogens with one attached hydrogen (secondary N) is 3. The molecule has 1 saturated carbocycles. The van der Waals surface area contributed by atoms with Crippen molar-refractivity contribution in [3.05, 3.63) is 35.2 Å². The number of thiazole rings is 1. The molecule has 3 aliphatic rings. The molecule has 2 aromatic rings. The first-order valence-corrected chi connectivity index (χ1v) is 14.9. The molecule has 3 fully saturated rings. The number of β-lactam (4-membered cyclic amide) rings is 1. The van der Waals surface area contributed by atoms with Gasteiger partial charge in [-0.1, -0.05) is 31.4 Å². The minimum Gasteiger partial charge on any atom is -0.439 e. The van der Waals surface area contributed by atoms with Crippen molar-refractivity contribution in [2.75, 3.05) is 29.5 Å². The van der Waals surface area contributed by atoms with E-state index < -0.39 is 35.6 Å². The Labute approximate surface area is 229 Å². The summed E-state index contributed by atoms with van der Waals surface area (Å²) < 4.78 is 5.04. The number of anilines is 1. The molecule has 2 unspecified atom stereocenters. The van der Waals surface area contributed by atoms with Gasteiger partial charge in [0.1, 0.15) is 5.54 Å². The zero-order valence-corrected chi connectivity index (χ0v) is 22.8. The van der Waals surface area contributed by atoms with E-state index in [9.17, 15) is 19.2 Å². The summed E-state index contributed by atoms with van der Waals surface area (Å²) in [5.41, 5.74) is 1.10. The molecule has 1 aromatic carbocycles. The monoisotopic (exact) mass is 557 g/mol. The predicted molar refractivity (Wildman–Crippen MR) is 146 cm³/mol. The number of amides is 3. The Balaban J connectivity index is 1.26. The van der Waals surface area contributed by atoms with Gasteiger partial charge < -0.3 is 25.6 Å². The Morgan fingerprint density at radius 1 is 1.11 bits per heavy atom. The number of thioether (sulfide) groups is 1. The zero-order valence-electron chi connectivity index (χ0n) is 21.2. The Morgan fingerprint density at radius 2 is 1.82 bits per heavy atom. The van der Waals surface area contributed by atoms with Crippen molar-refractivity contribution in [2.24, 2.45) is 0 Å². The lowest BCUT2D eigenvalue weighted by Crippen LogP contribution is -2.73. The lowest BCUT2D eigenvalue weighted by molar-refractivity contribution is -0.165. The quantitative estimate of drug-likeness (QED) is 0.349. The highest BCUT2D eigenvalue weighted by molar-refractivity contribution is 7.99. The summed E-state index contributed by atoms with van der Waals surface area (Å²) in [6, 6.07) is 6.25. The van der Waals surface area contributed by atoms with E-state index in [1.54, 1.807) is 23.5 Å². The van der Waals surface area contributed by atoms with Crippen LogP contribution in [0.5, 0.6) is 0 Å². The maximum absolute atomic E-state index is 13.4. The van der Waals surface area contributed by atoms with E-state index in [0.717, 1.165) is 60.2 Å². The van der Waals surface area contributed by atoms with Crippen LogP contribution in [0.25, 0.3) is 11.3 Å². The lowest BCUT2D eigenvalue weighted by atomic mass is 9.80.